The van der Waals surface area contributed by atoms with Crippen LogP contribution in [0.2, 0.25) is 0 Å². The van der Waals surface area contributed by atoms with E-state index in [1.807, 2.05) is 0 Å². The molecule has 1 saturated heterocycles. The van der Waals surface area contributed by atoms with Crippen molar-refractivity contribution in [1.29, 1.82) is 5.26 Å². The van der Waals surface area contributed by atoms with Gasteiger partial charge in [0.2, 0.25) is 0 Å². The van der Waals surface area contributed by atoms with E-state index in [1.54, 1.807) is 26.7 Å². The molecular formula is C61H63N5S2. The van der Waals surface area contributed by atoms with Crippen molar-refractivity contribution in [2.75, 3.05) is 16.8 Å². The molecule has 5 heterocycles. The highest BCUT2D eigenvalue weighted by Gasteiger charge is 2.52. The molecule has 344 valence electrons. The van der Waals surface area contributed by atoms with Crippen molar-refractivity contribution < 1.29 is 0 Å². The lowest BCUT2D eigenvalue weighted by atomic mass is 9.67. The molecule has 0 spiro atoms. The standard InChI is InChI=1S/C61H63N5S2/c1-64-47(31-30-46(63-61(64)37-16-3-2-4-17-37)41-23-15-29-56-58(41)43-21-8-13-27-54(43)67-56)45-34-38(36-62)52(65-48-24-10-5-18-39(48)40-19-6-11-25-49(40)65)35-53(45)66-50-26-12-7-20-42(50)59-51(66)32-33-57-60(59)44-22-9-14-28-55(44)68-57/h2-10,13,16-20,22,24,27,30-31,34-35,39,41-44,46-48,50,55-56,58,61,63H,11-12,14-15,21,23,25-26,28-29,32-33H2,1H3. The van der Waals surface area contributed by atoms with E-state index >= 15 is 0 Å². The number of rotatable bonds is 5. The van der Waals surface area contributed by atoms with Crippen molar-refractivity contribution in [1.82, 2.24) is 10.2 Å². The Morgan fingerprint density at radius 1 is 0.721 bits per heavy atom. The Morgan fingerprint density at radius 2 is 1.60 bits per heavy atom. The van der Waals surface area contributed by atoms with E-state index in [0.29, 0.717) is 46.1 Å². The van der Waals surface area contributed by atoms with Crippen LogP contribution in [-0.4, -0.2) is 40.6 Å². The predicted octanol–water partition coefficient (Wildman–Crippen LogP) is 13.8. The summed E-state index contributed by atoms with van der Waals surface area (Å²) in [5, 5.41) is 17.3. The molecule has 13 unspecified atom stereocenters. The molecule has 14 rings (SSSR count). The summed E-state index contributed by atoms with van der Waals surface area (Å²) in [5.74, 6) is 3.02. The predicted molar refractivity (Wildman–Crippen MR) is 283 cm³/mol. The van der Waals surface area contributed by atoms with Crippen LogP contribution < -0.4 is 15.1 Å². The van der Waals surface area contributed by atoms with Crippen LogP contribution in [0.1, 0.15) is 106 Å². The summed E-state index contributed by atoms with van der Waals surface area (Å²) < 4.78 is 0. The third kappa shape index (κ3) is 6.56. The van der Waals surface area contributed by atoms with Crippen molar-refractivity contribution in [3.05, 3.63) is 188 Å². The van der Waals surface area contributed by atoms with Crippen LogP contribution in [0.3, 0.4) is 0 Å². The molecule has 7 aliphatic carbocycles. The number of fused-ring (bicyclic) bond motifs is 10. The third-order valence-corrected chi connectivity index (χ3v) is 21.4. The fraction of sp³-hybridized carbons (Fsp3) is 0.426. The SMILES string of the molecule is CN1C(c2cc(C#N)c(N3C4=C(C=CCC4)C4C=CC=CC43)cc2N2C3=C(C4=C(CC3)SC3CCC=CC43)C3C=CCCC32)C=CC(C2CCCC3SC4=CC=CCC4C32)NC1c1ccccc1. The fourth-order valence-electron chi connectivity index (χ4n) is 15.5. The van der Waals surface area contributed by atoms with Crippen LogP contribution in [0.4, 0.5) is 11.4 Å². The second-order valence-corrected chi connectivity index (χ2v) is 24.2. The quantitative estimate of drug-likeness (QED) is 0.300. The van der Waals surface area contributed by atoms with Gasteiger partial charge < -0.3 is 9.80 Å². The smallest absolute Gasteiger partial charge is 0.101 e. The third-order valence-electron chi connectivity index (χ3n) is 18.3. The van der Waals surface area contributed by atoms with E-state index in [-0.39, 0.29) is 30.2 Å². The Bertz CT molecular complexity index is 2830. The van der Waals surface area contributed by atoms with Gasteiger partial charge in [0.05, 0.1) is 29.5 Å². The van der Waals surface area contributed by atoms with E-state index in [2.05, 4.69) is 190 Å². The first-order valence-electron chi connectivity index (χ1n) is 26.2. The molecule has 2 fully saturated rings. The Kier molecular flexibility index (Phi) is 10.6. The van der Waals surface area contributed by atoms with E-state index in [4.69, 9.17) is 0 Å². The zero-order chi connectivity index (χ0) is 45.0. The topological polar surface area (TPSA) is 45.5 Å². The summed E-state index contributed by atoms with van der Waals surface area (Å²) in [7, 11) is 2.35. The summed E-state index contributed by atoms with van der Waals surface area (Å²) in [4.78, 5) is 11.4. The minimum atomic E-state index is -0.0659. The highest BCUT2D eigenvalue weighted by Crippen LogP contribution is 2.62. The molecule has 13 atom stereocenters. The molecule has 0 amide bonds. The van der Waals surface area contributed by atoms with Crippen LogP contribution in [0.25, 0.3) is 0 Å². The second kappa shape index (κ2) is 17.0. The van der Waals surface area contributed by atoms with E-state index < -0.39 is 0 Å². The molecule has 0 aromatic heterocycles. The monoisotopic (exact) mass is 929 g/mol. The number of thioether (sulfide) groups is 2. The molecule has 2 aromatic carbocycles. The average molecular weight is 930 g/mol. The second-order valence-electron chi connectivity index (χ2n) is 21.6. The zero-order valence-electron chi connectivity index (χ0n) is 39.3. The molecule has 5 aliphatic heterocycles. The summed E-state index contributed by atoms with van der Waals surface area (Å²) >= 11 is 4.41. The van der Waals surface area contributed by atoms with Crippen molar-refractivity contribution in [2.24, 2.45) is 35.5 Å². The van der Waals surface area contributed by atoms with Gasteiger partial charge in [-0.3, -0.25) is 10.2 Å². The highest BCUT2D eigenvalue weighted by atomic mass is 32.2. The number of anilines is 2. The first kappa shape index (κ1) is 42.2. The lowest BCUT2D eigenvalue weighted by Gasteiger charge is -2.42. The van der Waals surface area contributed by atoms with Gasteiger partial charge in [0, 0.05) is 57.4 Å². The van der Waals surface area contributed by atoms with Gasteiger partial charge in [0.1, 0.15) is 6.07 Å². The molecule has 0 bridgehead atoms. The first-order valence-corrected chi connectivity index (χ1v) is 28.0. The van der Waals surface area contributed by atoms with Crippen molar-refractivity contribution in [3.8, 4) is 6.07 Å². The molecule has 5 nitrogen and oxygen atoms in total. The molecule has 12 aliphatic rings. The normalized spacial score (nSPS) is 37.3. The molecular weight excluding hydrogens is 867 g/mol. The summed E-state index contributed by atoms with van der Waals surface area (Å²) in [6.45, 7) is 0. The highest BCUT2D eigenvalue weighted by molar-refractivity contribution is 8.04. The maximum absolute atomic E-state index is 11.5. The number of nitrogens with one attached hydrogen (secondary N) is 1. The van der Waals surface area contributed by atoms with Gasteiger partial charge >= 0.3 is 0 Å². The molecule has 1 saturated carbocycles. The van der Waals surface area contributed by atoms with Crippen LogP contribution in [-0.2, 0) is 0 Å². The number of nitriles is 1. The van der Waals surface area contributed by atoms with Crippen molar-refractivity contribution >= 4 is 34.9 Å². The van der Waals surface area contributed by atoms with Gasteiger partial charge in [0.15, 0.2) is 0 Å². The molecule has 1 N–H and O–H groups in total. The van der Waals surface area contributed by atoms with Crippen LogP contribution in [0.5, 0.6) is 0 Å². The number of hydrogen-bond donors (Lipinski definition) is 1. The van der Waals surface area contributed by atoms with Crippen molar-refractivity contribution in [3.63, 3.8) is 0 Å². The Labute approximate surface area is 412 Å². The lowest BCUT2D eigenvalue weighted by Crippen LogP contribution is -2.47. The van der Waals surface area contributed by atoms with Gasteiger partial charge in [-0.15, -0.1) is 23.5 Å². The number of benzene rings is 2. The minimum Gasteiger partial charge on any atom is -0.340 e. The Hall–Kier alpha value is -4.71. The van der Waals surface area contributed by atoms with Crippen LogP contribution >= 0.6 is 23.5 Å². The van der Waals surface area contributed by atoms with Crippen LogP contribution in [0.15, 0.2) is 172 Å². The summed E-state index contributed by atoms with van der Waals surface area (Å²) in [5.41, 5.74) is 13.4. The maximum Gasteiger partial charge on any atom is 0.101 e. The molecule has 7 heteroatoms. The van der Waals surface area contributed by atoms with E-state index in [0.717, 1.165) is 49.8 Å². The summed E-state index contributed by atoms with van der Waals surface area (Å²) in [6.07, 6.45) is 50.4. The number of likely N-dealkylation sites (N-methyl/N-ethyl adjacent to an activating group) is 1. The zero-order valence-corrected chi connectivity index (χ0v) is 40.9. The molecule has 68 heavy (non-hydrogen) atoms. The minimum absolute atomic E-state index is 0.0122. The molecule has 2 aromatic rings. The Balaban J connectivity index is 0.960. The van der Waals surface area contributed by atoms with Gasteiger partial charge in [-0.25, -0.2) is 0 Å². The fourth-order valence-corrected chi connectivity index (χ4v) is 18.8. The number of hydrogen-bond acceptors (Lipinski definition) is 7. The van der Waals surface area contributed by atoms with Gasteiger partial charge in [0.25, 0.3) is 0 Å². The van der Waals surface area contributed by atoms with Gasteiger partial charge in [-0.1, -0.05) is 128 Å². The maximum atomic E-state index is 11.5. The number of allylic oxidation sites excluding steroid dienone is 15. The van der Waals surface area contributed by atoms with E-state index in [1.165, 1.54) is 66.6 Å². The van der Waals surface area contributed by atoms with Crippen LogP contribution in [0, 0.1) is 46.8 Å². The van der Waals surface area contributed by atoms with Crippen molar-refractivity contribution in [2.45, 2.75) is 118 Å². The molecule has 0 radical (unpaired) electrons. The average Bonchev–Trinajstić information content (AvgIpc) is 4.12. The first-order chi connectivity index (χ1) is 33.6. The number of nitrogens with zero attached hydrogens (tertiary/aromatic N) is 4. The van der Waals surface area contributed by atoms with Gasteiger partial charge in [-0.2, -0.15) is 5.26 Å². The Morgan fingerprint density at radius 3 is 2.51 bits per heavy atom. The van der Waals surface area contributed by atoms with Gasteiger partial charge in [-0.05, 0) is 145 Å². The largest absolute Gasteiger partial charge is 0.340 e. The van der Waals surface area contributed by atoms with E-state index in [9.17, 15) is 5.26 Å². The summed E-state index contributed by atoms with van der Waals surface area (Å²) in [6, 6.07) is 19.7. The lowest BCUT2D eigenvalue weighted by molar-refractivity contribution is 0.125.